The van der Waals surface area contributed by atoms with Gasteiger partial charge in [0, 0.05) is 18.8 Å². The number of aromatic nitrogens is 1. The summed E-state index contributed by atoms with van der Waals surface area (Å²) in [5.41, 5.74) is 0.0237. The van der Waals surface area contributed by atoms with Gasteiger partial charge in [-0.25, -0.2) is 9.78 Å². The van der Waals surface area contributed by atoms with Gasteiger partial charge in [0.1, 0.15) is 5.54 Å². The molecule has 0 aliphatic heterocycles. The number of carboxylic acid groups (broad SMARTS) is 1. The molecular formula is C16H24N2O3S. The fraction of sp³-hybridized carbons (Fsp3) is 0.688. The van der Waals surface area contributed by atoms with Gasteiger partial charge in [0.15, 0.2) is 0 Å². The molecule has 0 radical (unpaired) electrons. The van der Waals surface area contributed by atoms with Crippen LogP contribution in [0.5, 0.6) is 0 Å². The summed E-state index contributed by atoms with van der Waals surface area (Å²) in [6, 6.07) is 0. The van der Waals surface area contributed by atoms with Crippen LogP contribution in [0.4, 0.5) is 0 Å². The van der Waals surface area contributed by atoms with Crippen molar-refractivity contribution in [3.05, 3.63) is 16.1 Å². The van der Waals surface area contributed by atoms with Crippen LogP contribution >= 0.6 is 11.3 Å². The van der Waals surface area contributed by atoms with Gasteiger partial charge in [-0.2, -0.15) is 0 Å². The molecule has 0 saturated heterocycles. The summed E-state index contributed by atoms with van der Waals surface area (Å²) >= 11 is 1.61. The van der Waals surface area contributed by atoms with Crippen LogP contribution in [0.2, 0.25) is 0 Å². The predicted octanol–water partition coefficient (Wildman–Crippen LogP) is 3.02. The lowest BCUT2D eigenvalue weighted by atomic mass is 9.80. The number of aryl methyl sites for hydroxylation is 2. The molecular weight excluding hydrogens is 300 g/mol. The number of amides is 1. The van der Waals surface area contributed by atoms with Gasteiger partial charge in [0.05, 0.1) is 10.7 Å². The molecule has 0 spiro atoms. The second-order valence-electron chi connectivity index (χ2n) is 6.06. The van der Waals surface area contributed by atoms with Gasteiger partial charge >= 0.3 is 5.97 Å². The number of rotatable bonds is 6. The zero-order valence-corrected chi connectivity index (χ0v) is 14.1. The first-order valence-corrected chi connectivity index (χ1v) is 8.75. The molecule has 1 aromatic heterocycles. The van der Waals surface area contributed by atoms with Gasteiger partial charge in [-0.15, -0.1) is 11.3 Å². The molecule has 0 aromatic carbocycles. The molecule has 1 heterocycles. The van der Waals surface area contributed by atoms with Crippen molar-refractivity contribution in [2.24, 2.45) is 0 Å². The monoisotopic (exact) mass is 324 g/mol. The highest BCUT2D eigenvalue weighted by Gasteiger charge is 2.45. The third-order valence-corrected chi connectivity index (χ3v) is 5.41. The number of thiazole rings is 1. The molecule has 5 nitrogen and oxygen atoms in total. The zero-order chi connectivity index (χ0) is 16.2. The Balaban J connectivity index is 1.91. The summed E-state index contributed by atoms with van der Waals surface area (Å²) in [5.74, 6) is -0.936. The normalized spacial score (nSPS) is 17.2. The minimum Gasteiger partial charge on any atom is -0.479 e. The first kappa shape index (κ1) is 16.9. The van der Waals surface area contributed by atoms with Crippen LogP contribution in [0.25, 0.3) is 0 Å². The number of hydrogen-bond donors (Lipinski definition) is 1. The van der Waals surface area contributed by atoms with Crippen LogP contribution in [-0.4, -0.2) is 39.5 Å². The average Bonchev–Trinajstić information content (AvgIpc) is 2.92. The lowest BCUT2D eigenvalue weighted by Crippen LogP contribution is -2.56. The van der Waals surface area contributed by atoms with Crippen LogP contribution < -0.4 is 0 Å². The molecule has 1 fully saturated rings. The third kappa shape index (κ3) is 3.66. The molecule has 1 saturated carbocycles. The molecule has 1 aliphatic rings. The number of carbonyl (C=O) groups is 2. The van der Waals surface area contributed by atoms with Crippen LogP contribution in [0, 0.1) is 6.92 Å². The zero-order valence-electron chi connectivity index (χ0n) is 13.3. The highest BCUT2D eigenvalue weighted by Crippen LogP contribution is 2.33. The number of hydrogen-bond acceptors (Lipinski definition) is 4. The Kier molecular flexibility index (Phi) is 5.56. The molecule has 0 bridgehead atoms. The Labute approximate surface area is 135 Å². The van der Waals surface area contributed by atoms with Crippen molar-refractivity contribution in [1.82, 2.24) is 9.88 Å². The van der Waals surface area contributed by atoms with Gasteiger partial charge in [0.25, 0.3) is 0 Å². The maximum Gasteiger partial charge on any atom is 0.329 e. The van der Waals surface area contributed by atoms with Crippen molar-refractivity contribution in [2.45, 2.75) is 63.8 Å². The van der Waals surface area contributed by atoms with E-state index in [1.165, 1.54) is 4.90 Å². The summed E-state index contributed by atoms with van der Waals surface area (Å²) in [6.45, 7) is 1.97. The molecule has 22 heavy (non-hydrogen) atoms. The first-order chi connectivity index (χ1) is 10.5. The summed E-state index contributed by atoms with van der Waals surface area (Å²) in [5, 5.41) is 12.7. The van der Waals surface area contributed by atoms with Gasteiger partial charge in [-0.05, 0) is 32.6 Å². The van der Waals surface area contributed by atoms with Crippen LogP contribution in [-0.2, 0) is 16.0 Å². The smallest absolute Gasteiger partial charge is 0.329 e. The second-order valence-corrected chi connectivity index (χ2v) is 7.12. The average molecular weight is 324 g/mol. The van der Waals surface area contributed by atoms with Crippen molar-refractivity contribution >= 4 is 23.2 Å². The summed E-state index contributed by atoms with van der Waals surface area (Å²) in [7, 11) is 1.65. The lowest BCUT2D eigenvalue weighted by molar-refractivity contribution is -0.160. The Hall–Kier alpha value is -1.43. The Morgan fingerprint density at radius 3 is 2.59 bits per heavy atom. The quantitative estimate of drug-likeness (QED) is 0.873. The minimum absolute atomic E-state index is 0.0729. The number of likely N-dealkylation sites (N-methyl/N-ethyl adjacent to an activating group) is 1. The fourth-order valence-corrected chi connectivity index (χ4v) is 3.83. The third-order valence-electron chi connectivity index (χ3n) is 4.59. The predicted molar refractivity (Wildman–Crippen MR) is 86.0 cm³/mol. The largest absolute Gasteiger partial charge is 0.479 e. The Morgan fingerprint density at radius 2 is 2.05 bits per heavy atom. The first-order valence-electron chi connectivity index (χ1n) is 7.87. The van der Waals surface area contributed by atoms with E-state index in [4.69, 9.17) is 0 Å². The van der Waals surface area contributed by atoms with Crippen LogP contribution in [0.15, 0.2) is 5.38 Å². The van der Waals surface area contributed by atoms with E-state index in [2.05, 4.69) is 4.98 Å². The molecule has 122 valence electrons. The number of carbonyl (C=O) groups excluding carboxylic acids is 1. The van der Waals surface area contributed by atoms with E-state index in [9.17, 15) is 14.7 Å². The maximum atomic E-state index is 12.4. The Bertz CT molecular complexity index is 535. The van der Waals surface area contributed by atoms with Gasteiger partial charge in [0.2, 0.25) is 5.91 Å². The van der Waals surface area contributed by atoms with Gasteiger partial charge < -0.3 is 10.0 Å². The highest BCUT2D eigenvalue weighted by atomic mass is 32.1. The summed E-state index contributed by atoms with van der Waals surface area (Å²) in [6.07, 6.45) is 5.80. The van der Waals surface area contributed by atoms with E-state index >= 15 is 0 Å². The van der Waals surface area contributed by atoms with E-state index in [1.54, 1.807) is 18.4 Å². The Morgan fingerprint density at radius 1 is 1.36 bits per heavy atom. The highest BCUT2D eigenvalue weighted by molar-refractivity contribution is 7.09. The molecule has 2 rings (SSSR count). The molecule has 6 heteroatoms. The number of aliphatic carboxylic acids is 1. The van der Waals surface area contributed by atoms with Crippen LogP contribution in [0.3, 0.4) is 0 Å². The minimum atomic E-state index is -0.993. The van der Waals surface area contributed by atoms with E-state index in [0.29, 0.717) is 25.7 Å². The molecule has 0 atom stereocenters. The topological polar surface area (TPSA) is 70.5 Å². The van der Waals surface area contributed by atoms with E-state index in [1.807, 2.05) is 12.3 Å². The molecule has 1 aliphatic carbocycles. The summed E-state index contributed by atoms with van der Waals surface area (Å²) < 4.78 is 0. The summed E-state index contributed by atoms with van der Waals surface area (Å²) in [4.78, 5) is 30.0. The van der Waals surface area contributed by atoms with Crippen molar-refractivity contribution in [3.63, 3.8) is 0 Å². The number of nitrogens with zero attached hydrogens (tertiary/aromatic N) is 2. The van der Waals surface area contributed by atoms with Crippen molar-refractivity contribution in [3.8, 4) is 0 Å². The molecule has 1 N–H and O–H groups in total. The van der Waals surface area contributed by atoms with Gasteiger partial charge in [-0.1, -0.05) is 19.3 Å². The molecule has 0 unspecified atom stereocenters. The number of carboxylic acids is 1. The second kappa shape index (κ2) is 7.22. The van der Waals surface area contributed by atoms with Crippen molar-refractivity contribution in [1.29, 1.82) is 0 Å². The van der Waals surface area contributed by atoms with Gasteiger partial charge in [-0.3, -0.25) is 4.79 Å². The van der Waals surface area contributed by atoms with Crippen molar-refractivity contribution < 1.29 is 14.7 Å². The fourth-order valence-electron chi connectivity index (χ4n) is 3.18. The SMILES string of the molecule is Cc1nc(CCCC(=O)N(C)C2(C(=O)O)CCCCC2)cs1. The van der Waals surface area contributed by atoms with Crippen LogP contribution in [0.1, 0.15) is 55.6 Å². The lowest BCUT2D eigenvalue weighted by Gasteiger charge is -2.41. The molecule has 1 aromatic rings. The van der Waals surface area contributed by atoms with E-state index < -0.39 is 11.5 Å². The molecule has 1 amide bonds. The van der Waals surface area contributed by atoms with Crippen molar-refractivity contribution in [2.75, 3.05) is 7.05 Å². The van der Waals surface area contributed by atoms with E-state index in [-0.39, 0.29) is 5.91 Å². The maximum absolute atomic E-state index is 12.4. The van der Waals surface area contributed by atoms with E-state index in [0.717, 1.165) is 36.4 Å². The standard InChI is InChI=1S/C16H24N2O3S/c1-12-17-13(11-22-12)7-6-8-14(19)18(2)16(15(20)21)9-4-3-5-10-16/h11H,3-10H2,1-2H3,(H,20,21).